The van der Waals surface area contributed by atoms with Crippen LogP contribution in [0.3, 0.4) is 0 Å². The van der Waals surface area contributed by atoms with E-state index in [2.05, 4.69) is 5.32 Å². The molecule has 3 rings (SSSR count). The Balaban J connectivity index is 1.93. The zero-order valence-electron chi connectivity index (χ0n) is 17.1. The largest absolute Gasteiger partial charge is 0.493 e. The SMILES string of the molecule is CCCNC(=O)[C@@H]1CN(C(=O)C2CC2)C[C@@H]1c1cc(OC)c(OC)c(OC)c1. The van der Waals surface area contributed by atoms with Crippen molar-refractivity contribution in [1.82, 2.24) is 10.2 Å². The number of hydrogen-bond donors (Lipinski definition) is 1. The molecule has 0 unspecified atom stereocenters. The molecule has 1 heterocycles. The van der Waals surface area contributed by atoms with Crippen LogP contribution in [0.5, 0.6) is 17.2 Å². The van der Waals surface area contributed by atoms with Crippen molar-refractivity contribution < 1.29 is 23.8 Å². The third kappa shape index (κ3) is 4.03. The number of likely N-dealkylation sites (tertiary alicyclic amines) is 1. The molecule has 28 heavy (non-hydrogen) atoms. The highest BCUT2D eigenvalue weighted by atomic mass is 16.5. The van der Waals surface area contributed by atoms with Gasteiger partial charge in [-0.05, 0) is 37.0 Å². The first-order valence-corrected chi connectivity index (χ1v) is 9.90. The molecule has 154 valence electrons. The second-order valence-corrected chi connectivity index (χ2v) is 7.48. The van der Waals surface area contributed by atoms with Gasteiger partial charge in [0.05, 0.1) is 27.2 Å². The van der Waals surface area contributed by atoms with Crippen LogP contribution in [0.4, 0.5) is 0 Å². The summed E-state index contributed by atoms with van der Waals surface area (Å²) in [4.78, 5) is 27.3. The Morgan fingerprint density at radius 1 is 1.07 bits per heavy atom. The number of nitrogens with zero attached hydrogens (tertiary/aromatic N) is 1. The van der Waals surface area contributed by atoms with Crippen molar-refractivity contribution in [3.63, 3.8) is 0 Å². The highest BCUT2D eigenvalue weighted by Crippen LogP contribution is 2.44. The molecular formula is C21H30N2O5. The summed E-state index contributed by atoms with van der Waals surface area (Å²) in [5.41, 5.74) is 0.914. The van der Waals surface area contributed by atoms with Crippen molar-refractivity contribution >= 4 is 11.8 Å². The Hall–Kier alpha value is -2.44. The van der Waals surface area contributed by atoms with Crippen molar-refractivity contribution in [3.8, 4) is 17.2 Å². The molecule has 1 N–H and O–H groups in total. The molecule has 7 nitrogen and oxygen atoms in total. The van der Waals surface area contributed by atoms with Crippen LogP contribution < -0.4 is 19.5 Å². The van der Waals surface area contributed by atoms with Crippen LogP contribution >= 0.6 is 0 Å². The number of hydrogen-bond acceptors (Lipinski definition) is 5. The first-order valence-electron chi connectivity index (χ1n) is 9.90. The predicted molar refractivity (Wildman–Crippen MR) is 105 cm³/mol. The molecule has 2 amide bonds. The molecule has 1 aliphatic heterocycles. The van der Waals surface area contributed by atoms with Gasteiger partial charge < -0.3 is 24.4 Å². The summed E-state index contributed by atoms with van der Waals surface area (Å²) < 4.78 is 16.4. The van der Waals surface area contributed by atoms with Gasteiger partial charge in [0, 0.05) is 31.5 Å². The molecule has 0 bridgehead atoms. The van der Waals surface area contributed by atoms with Gasteiger partial charge in [0.25, 0.3) is 0 Å². The monoisotopic (exact) mass is 390 g/mol. The highest BCUT2D eigenvalue weighted by molar-refractivity contribution is 5.85. The molecule has 2 aliphatic rings. The molecule has 1 saturated carbocycles. The van der Waals surface area contributed by atoms with Crippen LogP contribution in [-0.4, -0.2) is 57.7 Å². The molecule has 1 aromatic rings. The van der Waals surface area contributed by atoms with Crippen molar-refractivity contribution in [1.29, 1.82) is 0 Å². The number of nitrogens with one attached hydrogen (secondary N) is 1. The standard InChI is InChI=1S/C21H30N2O5/c1-5-8-22-20(24)16-12-23(21(25)13-6-7-13)11-15(16)14-9-17(26-2)19(28-4)18(10-14)27-3/h9-10,13,15-16H,5-8,11-12H2,1-4H3,(H,22,24)/t15-,16-/m1/s1. The molecule has 0 aromatic heterocycles. The molecule has 2 fully saturated rings. The second-order valence-electron chi connectivity index (χ2n) is 7.48. The molecule has 1 aromatic carbocycles. The number of methoxy groups -OCH3 is 3. The van der Waals surface area contributed by atoms with Gasteiger partial charge in [0.2, 0.25) is 17.6 Å². The van der Waals surface area contributed by atoms with Crippen molar-refractivity contribution in [2.24, 2.45) is 11.8 Å². The number of carbonyl (C=O) groups excluding carboxylic acids is 2. The lowest BCUT2D eigenvalue weighted by Crippen LogP contribution is -2.36. The van der Waals surface area contributed by atoms with Crippen LogP contribution in [0, 0.1) is 11.8 Å². The fraction of sp³-hybridized carbons (Fsp3) is 0.619. The smallest absolute Gasteiger partial charge is 0.225 e. The van der Waals surface area contributed by atoms with Gasteiger partial charge in [-0.15, -0.1) is 0 Å². The fourth-order valence-electron chi connectivity index (χ4n) is 3.87. The minimum absolute atomic E-state index is 0.00769. The van der Waals surface area contributed by atoms with E-state index in [0.29, 0.717) is 36.9 Å². The first kappa shape index (κ1) is 20.3. The minimum Gasteiger partial charge on any atom is -0.493 e. The first-order chi connectivity index (χ1) is 13.5. The van der Waals surface area contributed by atoms with Gasteiger partial charge in [-0.3, -0.25) is 9.59 Å². The Morgan fingerprint density at radius 3 is 2.21 bits per heavy atom. The maximum atomic E-state index is 12.8. The van der Waals surface area contributed by atoms with Crippen molar-refractivity contribution in [3.05, 3.63) is 17.7 Å². The maximum Gasteiger partial charge on any atom is 0.225 e. The lowest BCUT2D eigenvalue weighted by Gasteiger charge is -2.21. The number of carbonyl (C=O) groups is 2. The van der Waals surface area contributed by atoms with Gasteiger partial charge in [0.1, 0.15) is 0 Å². The van der Waals surface area contributed by atoms with Gasteiger partial charge in [-0.2, -0.15) is 0 Å². The van der Waals surface area contributed by atoms with Gasteiger partial charge >= 0.3 is 0 Å². The topological polar surface area (TPSA) is 77.1 Å². The van der Waals surface area contributed by atoms with Crippen LogP contribution in [0.2, 0.25) is 0 Å². The van der Waals surface area contributed by atoms with E-state index in [1.54, 1.807) is 21.3 Å². The quantitative estimate of drug-likeness (QED) is 0.736. The Kier molecular flexibility index (Phi) is 6.31. The minimum atomic E-state index is -0.294. The average Bonchev–Trinajstić information content (AvgIpc) is 3.48. The van der Waals surface area contributed by atoms with E-state index >= 15 is 0 Å². The zero-order chi connectivity index (χ0) is 20.3. The van der Waals surface area contributed by atoms with Gasteiger partial charge in [-0.25, -0.2) is 0 Å². The highest BCUT2D eigenvalue weighted by Gasteiger charge is 2.44. The maximum absolute atomic E-state index is 12.8. The third-order valence-corrected chi connectivity index (χ3v) is 5.56. The molecule has 1 saturated heterocycles. The number of benzene rings is 1. The van der Waals surface area contributed by atoms with Crippen molar-refractivity contribution in [2.75, 3.05) is 41.0 Å². The normalized spacial score (nSPS) is 21.4. The summed E-state index contributed by atoms with van der Waals surface area (Å²) >= 11 is 0. The third-order valence-electron chi connectivity index (χ3n) is 5.56. The predicted octanol–water partition coefficient (Wildman–Crippen LogP) is 2.19. The van der Waals surface area contributed by atoms with Crippen LogP contribution in [0.15, 0.2) is 12.1 Å². The van der Waals surface area contributed by atoms with Crippen LogP contribution in [-0.2, 0) is 9.59 Å². The van der Waals surface area contributed by atoms with E-state index in [9.17, 15) is 9.59 Å². The molecular weight excluding hydrogens is 360 g/mol. The molecule has 0 spiro atoms. The van der Waals surface area contributed by atoms with E-state index in [0.717, 1.165) is 24.8 Å². The molecule has 7 heteroatoms. The van der Waals surface area contributed by atoms with E-state index in [-0.39, 0.29) is 29.6 Å². The molecule has 0 radical (unpaired) electrons. The van der Waals surface area contributed by atoms with Crippen molar-refractivity contribution in [2.45, 2.75) is 32.1 Å². The summed E-state index contributed by atoms with van der Waals surface area (Å²) in [7, 11) is 4.71. The van der Waals surface area contributed by atoms with E-state index < -0.39 is 0 Å². The van der Waals surface area contributed by atoms with Gasteiger partial charge in [-0.1, -0.05) is 6.92 Å². The molecule has 2 atom stereocenters. The summed E-state index contributed by atoms with van der Waals surface area (Å²) in [6.45, 7) is 3.63. The van der Waals surface area contributed by atoms with Crippen LogP contribution in [0.1, 0.15) is 37.7 Å². The lowest BCUT2D eigenvalue weighted by molar-refractivity contribution is -0.132. The van der Waals surface area contributed by atoms with E-state index in [1.165, 1.54) is 0 Å². The summed E-state index contributed by atoms with van der Waals surface area (Å²) in [5, 5.41) is 2.99. The van der Waals surface area contributed by atoms with E-state index in [1.807, 2.05) is 24.0 Å². The number of ether oxygens (including phenoxy) is 3. The number of rotatable bonds is 8. The van der Waals surface area contributed by atoms with Crippen LogP contribution in [0.25, 0.3) is 0 Å². The Morgan fingerprint density at radius 2 is 1.71 bits per heavy atom. The summed E-state index contributed by atoms with van der Waals surface area (Å²) in [6, 6.07) is 3.77. The average molecular weight is 390 g/mol. The summed E-state index contributed by atoms with van der Waals surface area (Å²) in [5.74, 6) is 1.51. The zero-order valence-corrected chi connectivity index (χ0v) is 17.1. The second kappa shape index (κ2) is 8.71. The van der Waals surface area contributed by atoms with Gasteiger partial charge in [0.15, 0.2) is 11.5 Å². The lowest BCUT2D eigenvalue weighted by atomic mass is 9.88. The Bertz CT molecular complexity index is 707. The number of amides is 2. The summed E-state index contributed by atoms with van der Waals surface area (Å²) in [6.07, 6.45) is 2.78. The fourth-order valence-corrected chi connectivity index (χ4v) is 3.87. The Labute approximate surface area is 166 Å². The van der Waals surface area contributed by atoms with E-state index in [4.69, 9.17) is 14.2 Å². The molecule has 1 aliphatic carbocycles.